The third kappa shape index (κ3) is 0.742. The first-order chi connectivity index (χ1) is 5.12. The normalized spacial score (nSPS) is 41.7. The zero-order chi connectivity index (χ0) is 8.06. The smallest absolute Gasteiger partial charge is 0.322 e. The largest absolute Gasteiger partial charge is 0.327 e. The van der Waals surface area contributed by atoms with E-state index in [9.17, 15) is 9.59 Å². The maximum Gasteiger partial charge on any atom is 0.322 e. The first kappa shape index (κ1) is 6.60. The molecule has 0 aromatic carbocycles. The first-order valence-electron chi connectivity index (χ1n) is 3.52. The Balaban J connectivity index is 2.16. The van der Waals surface area contributed by atoms with Crippen LogP contribution in [0.2, 0.25) is 0 Å². The van der Waals surface area contributed by atoms with Gasteiger partial charge in [0.15, 0.2) is 0 Å². The molecule has 2 fully saturated rings. The van der Waals surface area contributed by atoms with E-state index in [1.165, 1.54) is 0 Å². The van der Waals surface area contributed by atoms with Gasteiger partial charge < -0.3 is 11.1 Å². The van der Waals surface area contributed by atoms with E-state index in [1.54, 1.807) is 0 Å². The Kier molecular flexibility index (Phi) is 1.04. The van der Waals surface area contributed by atoms with Crippen LogP contribution in [0, 0.1) is 0 Å². The van der Waals surface area contributed by atoms with Crippen molar-refractivity contribution in [3.63, 3.8) is 0 Å². The molecule has 4 N–H and O–H groups in total. The number of amides is 3. The standard InChI is InChI=1S/C6H9N3O2/c7-3-1-6(2-3)4(10)8-5(11)9-6/h3H,1-2,7H2,(H2,8,9,10,11). The summed E-state index contributed by atoms with van der Waals surface area (Å²) < 4.78 is 0. The van der Waals surface area contributed by atoms with E-state index >= 15 is 0 Å². The van der Waals surface area contributed by atoms with E-state index in [1.807, 2.05) is 0 Å². The molecule has 1 saturated heterocycles. The molecule has 2 rings (SSSR count). The molecular formula is C6H9N3O2. The van der Waals surface area contributed by atoms with Gasteiger partial charge in [-0.1, -0.05) is 0 Å². The number of carbonyl (C=O) groups excluding carboxylic acids is 2. The third-order valence-electron chi connectivity index (χ3n) is 2.24. The lowest BCUT2D eigenvalue weighted by Crippen LogP contribution is -2.61. The summed E-state index contributed by atoms with van der Waals surface area (Å²) in [4.78, 5) is 21.8. The summed E-state index contributed by atoms with van der Waals surface area (Å²) in [6.45, 7) is 0. The molecule has 3 amide bonds. The highest BCUT2D eigenvalue weighted by Gasteiger charge is 2.54. The topological polar surface area (TPSA) is 84.2 Å². The van der Waals surface area contributed by atoms with Crippen LogP contribution >= 0.6 is 0 Å². The van der Waals surface area contributed by atoms with Gasteiger partial charge in [-0.15, -0.1) is 0 Å². The van der Waals surface area contributed by atoms with Crippen LogP contribution in [0.5, 0.6) is 0 Å². The minimum atomic E-state index is -0.656. The van der Waals surface area contributed by atoms with Crippen LogP contribution in [-0.2, 0) is 4.79 Å². The predicted octanol–water partition coefficient (Wildman–Crippen LogP) is -1.31. The molecule has 5 heteroatoms. The number of hydrogen-bond acceptors (Lipinski definition) is 3. The molecule has 1 aliphatic heterocycles. The second-order valence-corrected chi connectivity index (χ2v) is 3.16. The van der Waals surface area contributed by atoms with Gasteiger partial charge in [0.05, 0.1) is 0 Å². The fourth-order valence-electron chi connectivity index (χ4n) is 1.65. The van der Waals surface area contributed by atoms with Gasteiger partial charge >= 0.3 is 6.03 Å². The van der Waals surface area contributed by atoms with Crippen LogP contribution < -0.4 is 16.4 Å². The van der Waals surface area contributed by atoms with Crippen molar-refractivity contribution in [3.8, 4) is 0 Å². The van der Waals surface area contributed by atoms with Crippen molar-refractivity contribution in [3.05, 3.63) is 0 Å². The molecule has 5 nitrogen and oxygen atoms in total. The molecule has 0 unspecified atom stereocenters. The molecular weight excluding hydrogens is 146 g/mol. The molecule has 1 aliphatic carbocycles. The van der Waals surface area contributed by atoms with Crippen molar-refractivity contribution in [2.24, 2.45) is 5.73 Å². The monoisotopic (exact) mass is 155 g/mol. The first-order valence-corrected chi connectivity index (χ1v) is 3.52. The highest BCUT2D eigenvalue weighted by Crippen LogP contribution is 2.33. The SMILES string of the molecule is NC1CC2(C1)NC(=O)NC2=O. The maximum atomic E-state index is 11.1. The molecule has 0 bridgehead atoms. The van der Waals surface area contributed by atoms with Crippen molar-refractivity contribution in [2.75, 3.05) is 0 Å². The number of nitrogens with one attached hydrogen (secondary N) is 2. The lowest BCUT2D eigenvalue weighted by Gasteiger charge is -2.39. The van der Waals surface area contributed by atoms with Crippen LogP contribution in [0.3, 0.4) is 0 Å². The van der Waals surface area contributed by atoms with E-state index in [0.717, 1.165) is 0 Å². The van der Waals surface area contributed by atoms with E-state index in [4.69, 9.17) is 5.73 Å². The number of nitrogens with two attached hydrogens (primary N) is 1. The van der Waals surface area contributed by atoms with Gasteiger partial charge in [-0.25, -0.2) is 4.79 Å². The van der Waals surface area contributed by atoms with Crippen molar-refractivity contribution < 1.29 is 9.59 Å². The Hall–Kier alpha value is -1.10. The van der Waals surface area contributed by atoms with E-state index < -0.39 is 11.6 Å². The summed E-state index contributed by atoms with van der Waals surface area (Å²) in [6, 6.07) is -0.346. The molecule has 0 aromatic heterocycles. The minimum Gasteiger partial charge on any atom is -0.327 e. The lowest BCUT2D eigenvalue weighted by molar-refractivity contribution is -0.127. The average molecular weight is 155 g/mol. The highest BCUT2D eigenvalue weighted by molar-refractivity contribution is 6.07. The van der Waals surface area contributed by atoms with Crippen LogP contribution in [0.25, 0.3) is 0 Å². The Morgan fingerprint density at radius 3 is 2.45 bits per heavy atom. The van der Waals surface area contributed by atoms with Gasteiger partial charge in [0.1, 0.15) is 5.54 Å². The summed E-state index contributed by atoms with van der Waals surface area (Å²) in [6.07, 6.45) is 1.12. The molecule has 11 heavy (non-hydrogen) atoms. The van der Waals surface area contributed by atoms with Gasteiger partial charge in [0, 0.05) is 6.04 Å². The number of hydrogen-bond donors (Lipinski definition) is 3. The van der Waals surface area contributed by atoms with Crippen molar-refractivity contribution in [1.82, 2.24) is 10.6 Å². The quantitative estimate of drug-likeness (QED) is 0.379. The fraction of sp³-hybridized carbons (Fsp3) is 0.667. The van der Waals surface area contributed by atoms with Crippen LogP contribution in [-0.4, -0.2) is 23.5 Å². The molecule has 1 heterocycles. The summed E-state index contributed by atoms with van der Waals surface area (Å²) in [5, 5.41) is 4.75. The lowest BCUT2D eigenvalue weighted by atomic mass is 9.73. The van der Waals surface area contributed by atoms with Gasteiger partial charge in [-0.2, -0.15) is 0 Å². The zero-order valence-electron chi connectivity index (χ0n) is 5.89. The van der Waals surface area contributed by atoms with Crippen molar-refractivity contribution in [2.45, 2.75) is 24.4 Å². The zero-order valence-corrected chi connectivity index (χ0v) is 5.89. The molecule has 1 spiro atoms. The number of carbonyl (C=O) groups is 2. The average Bonchev–Trinajstić information content (AvgIpc) is 2.06. The Labute approximate surface area is 63.3 Å². The molecule has 0 aromatic rings. The Morgan fingerprint density at radius 1 is 1.45 bits per heavy atom. The van der Waals surface area contributed by atoms with E-state index in [0.29, 0.717) is 12.8 Å². The van der Waals surface area contributed by atoms with Gasteiger partial charge in [-0.05, 0) is 12.8 Å². The Bertz CT molecular complexity index is 232. The van der Waals surface area contributed by atoms with Crippen molar-refractivity contribution in [1.29, 1.82) is 0 Å². The van der Waals surface area contributed by atoms with Gasteiger partial charge in [-0.3, -0.25) is 10.1 Å². The van der Waals surface area contributed by atoms with Gasteiger partial charge in [0.25, 0.3) is 5.91 Å². The number of imide groups is 1. The molecule has 60 valence electrons. The predicted molar refractivity (Wildman–Crippen MR) is 36.6 cm³/mol. The van der Waals surface area contributed by atoms with Crippen LogP contribution in [0.15, 0.2) is 0 Å². The summed E-state index contributed by atoms with van der Waals surface area (Å²) in [5.74, 6) is -0.232. The maximum absolute atomic E-state index is 11.1. The summed E-state index contributed by atoms with van der Waals surface area (Å²) >= 11 is 0. The van der Waals surface area contributed by atoms with E-state index in [2.05, 4.69) is 10.6 Å². The molecule has 1 saturated carbocycles. The van der Waals surface area contributed by atoms with E-state index in [-0.39, 0.29) is 11.9 Å². The molecule has 0 radical (unpaired) electrons. The summed E-state index contributed by atoms with van der Waals surface area (Å²) in [7, 11) is 0. The number of urea groups is 1. The fourth-order valence-corrected chi connectivity index (χ4v) is 1.65. The Morgan fingerprint density at radius 2 is 2.09 bits per heavy atom. The molecule has 0 atom stereocenters. The highest BCUT2D eigenvalue weighted by atomic mass is 16.2. The van der Waals surface area contributed by atoms with Crippen LogP contribution in [0.4, 0.5) is 4.79 Å². The van der Waals surface area contributed by atoms with Crippen molar-refractivity contribution >= 4 is 11.9 Å². The number of rotatable bonds is 0. The second kappa shape index (κ2) is 1.73. The minimum absolute atomic E-state index is 0.0548. The molecule has 2 aliphatic rings. The summed E-state index contributed by atoms with van der Waals surface area (Å²) in [5.41, 5.74) is 4.85. The second-order valence-electron chi connectivity index (χ2n) is 3.16. The van der Waals surface area contributed by atoms with Crippen LogP contribution in [0.1, 0.15) is 12.8 Å². The third-order valence-corrected chi connectivity index (χ3v) is 2.24. The van der Waals surface area contributed by atoms with Gasteiger partial charge in [0.2, 0.25) is 0 Å².